The van der Waals surface area contributed by atoms with Crippen LogP contribution in [0.4, 0.5) is 4.39 Å². The first-order valence-electron chi connectivity index (χ1n) is 9.96. The van der Waals surface area contributed by atoms with Crippen molar-refractivity contribution in [2.45, 2.75) is 26.3 Å². The van der Waals surface area contributed by atoms with Gasteiger partial charge in [0, 0.05) is 35.8 Å². The van der Waals surface area contributed by atoms with Crippen LogP contribution >= 0.6 is 11.6 Å². The first-order chi connectivity index (χ1) is 13.6. The van der Waals surface area contributed by atoms with E-state index >= 15 is 0 Å². The van der Waals surface area contributed by atoms with Crippen LogP contribution in [0.5, 0.6) is 0 Å². The summed E-state index contributed by atoms with van der Waals surface area (Å²) in [7, 11) is 0. The minimum absolute atomic E-state index is 0.0197. The van der Waals surface area contributed by atoms with Gasteiger partial charge in [0.15, 0.2) is 0 Å². The van der Waals surface area contributed by atoms with E-state index in [0.29, 0.717) is 26.3 Å². The monoisotopic (exact) mass is 425 g/mol. The van der Waals surface area contributed by atoms with Crippen LogP contribution in [0.3, 0.4) is 0 Å². The highest BCUT2D eigenvalue weighted by molar-refractivity contribution is 6.31. The first kappa shape index (κ1) is 22.0. The third kappa shape index (κ3) is 6.14. The molecule has 0 unspecified atom stereocenters. The van der Waals surface area contributed by atoms with Crippen LogP contribution in [0, 0.1) is 23.6 Å². The van der Waals surface area contributed by atoms with Crippen LogP contribution in [-0.2, 0) is 9.53 Å². The average Bonchev–Trinajstić information content (AvgIpc) is 2.56. The maximum absolute atomic E-state index is 13.5. The predicted molar refractivity (Wildman–Crippen MR) is 109 cm³/mol. The largest absolute Gasteiger partial charge is 0.381 e. The number of nitrogens with zero attached hydrogens (tertiary/aromatic N) is 1. The molecular weight excluding hydrogens is 397 g/mol. The van der Waals surface area contributed by atoms with E-state index in [1.165, 1.54) is 18.2 Å². The fourth-order valence-corrected chi connectivity index (χ4v) is 4.46. The van der Waals surface area contributed by atoms with E-state index in [4.69, 9.17) is 16.3 Å². The summed E-state index contributed by atoms with van der Waals surface area (Å²) in [5.41, 5.74) is -0.0360. The van der Waals surface area contributed by atoms with E-state index in [2.05, 4.69) is 15.5 Å². The Hall–Kier alpha value is -1.70. The van der Waals surface area contributed by atoms with Gasteiger partial charge in [-0.05, 0) is 56.7 Å². The quantitative estimate of drug-likeness (QED) is 0.759. The van der Waals surface area contributed by atoms with Crippen LogP contribution in [0.2, 0.25) is 5.02 Å². The summed E-state index contributed by atoms with van der Waals surface area (Å²) in [6.07, 6.45) is 0. The predicted octanol–water partition coefficient (Wildman–Crippen LogP) is 2.32. The summed E-state index contributed by atoms with van der Waals surface area (Å²) in [6.45, 7) is 9.48. The lowest BCUT2D eigenvalue weighted by Gasteiger charge is -2.47. The maximum Gasteiger partial charge on any atom is 0.251 e. The molecule has 2 amide bonds. The van der Waals surface area contributed by atoms with Crippen molar-refractivity contribution in [3.63, 3.8) is 0 Å². The standard InChI is InChI=1S/C21H29ClFN3O3/c1-21(2,3)25-19(27)10-26-8-14-11-29-12-15(9-26)18(14)7-24-20(28)13-4-16(22)6-17(23)5-13/h4-6,14-15,18H,7-12H2,1-3H3,(H,24,28)(H,25,27)/t14-,15+,18+. The van der Waals surface area contributed by atoms with E-state index in [1.54, 1.807) is 0 Å². The van der Waals surface area contributed by atoms with Gasteiger partial charge in [0.1, 0.15) is 5.82 Å². The smallest absolute Gasteiger partial charge is 0.251 e. The Kier molecular flexibility index (Phi) is 6.81. The molecule has 0 aliphatic carbocycles. The summed E-state index contributed by atoms with van der Waals surface area (Å²) in [6, 6.07) is 3.81. The van der Waals surface area contributed by atoms with Crippen LogP contribution < -0.4 is 10.6 Å². The second-order valence-corrected chi connectivity index (χ2v) is 9.52. The van der Waals surface area contributed by atoms with Gasteiger partial charge >= 0.3 is 0 Å². The number of likely N-dealkylation sites (tertiary alicyclic amines) is 1. The fourth-order valence-electron chi connectivity index (χ4n) is 4.24. The summed E-state index contributed by atoms with van der Waals surface area (Å²) in [4.78, 5) is 26.9. The SMILES string of the molecule is CC(C)(C)NC(=O)CN1C[C@H]2COC[C@@H](C1)[C@@H]2CNC(=O)c1cc(F)cc(Cl)c1. The molecule has 6 nitrogen and oxygen atoms in total. The van der Waals surface area contributed by atoms with E-state index in [1.807, 2.05) is 20.8 Å². The number of hydrogen-bond acceptors (Lipinski definition) is 4. The van der Waals surface area contributed by atoms with Crippen molar-refractivity contribution in [3.05, 3.63) is 34.6 Å². The molecule has 2 aliphatic heterocycles. The minimum Gasteiger partial charge on any atom is -0.381 e. The maximum atomic E-state index is 13.5. The number of piperidine rings is 1. The number of rotatable bonds is 5. The number of halogens is 2. The number of fused-ring (bicyclic) bond motifs is 2. The van der Waals surface area contributed by atoms with Crippen LogP contribution in [0.25, 0.3) is 0 Å². The molecule has 8 heteroatoms. The third-order valence-electron chi connectivity index (χ3n) is 5.36. The lowest BCUT2D eigenvalue weighted by molar-refractivity contribution is -0.127. The Morgan fingerprint density at radius 1 is 1.21 bits per heavy atom. The fraction of sp³-hybridized carbons (Fsp3) is 0.619. The number of carbonyl (C=O) groups is 2. The number of benzene rings is 1. The Morgan fingerprint density at radius 3 is 2.45 bits per heavy atom. The molecule has 2 bridgehead atoms. The Balaban J connectivity index is 1.56. The van der Waals surface area contributed by atoms with Gasteiger partial charge in [0.05, 0.1) is 19.8 Å². The average molecular weight is 426 g/mol. The molecule has 0 spiro atoms. The first-order valence-corrected chi connectivity index (χ1v) is 10.3. The molecule has 2 saturated heterocycles. The van der Waals surface area contributed by atoms with E-state index in [-0.39, 0.29) is 45.7 Å². The van der Waals surface area contributed by atoms with Crippen molar-refractivity contribution in [1.29, 1.82) is 0 Å². The summed E-state index contributed by atoms with van der Waals surface area (Å²) < 4.78 is 19.2. The number of nitrogens with one attached hydrogen (secondary N) is 2. The Labute approximate surface area is 176 Å². The molecule has 2 aliphatic rings. The summed E-state index contributed by atoms with van der Waals surface area (Å²) >= 11 is 5.84. The zero-order valence-electron chi connectivity index (χ0n) is 17.1. The van der Waals surface area contributed by atoms with E-state index in [0.717, 1.165) is 13.1 Å². The van der Waals surface area contributed by atoms with Crippen LogP contribution in [0.15, 0.2) is 18.2 Å². The Bertz CT molecular complexity index is 734. The van der Waals surface area contributed by atoms with Crippen molar-refractivity contribution >= 4 is 23.4 Å². The zero-order valence-corrected chi connectivity index (χ0v) is 17.9. The molecule has 1 aromatic rings. The molecule has 29 heavy (non-hydrogen) atoms. The highest BCUT2D eigenvalue weighted by Crippen LogP contribution is 2.33. The summed E-state index contributed by atoms with van der Waals surface area (Å²) in [5, 5.41) is 6.12. The normalized spacial score (nSPS) is 24.8. The minimum atomic E-state index is -0.533. The number of carbonyl (C=O) groups excluding carboxylic acids is 2. The highest BCUT2D eigenvalue weighted by Gasteiger charge is 2.40. The van der Waals surface area contributed by atoms with Crippen molar-refractivity contribution in [1.82, 2.24) is 15.5 Å². The van der Waals surface area contributed by atoms with Crippen LogP contribution in [0.1, 0.15) is 31.1 Å². The molecule has 0 aromatic heterocycles. The van der Waals surface area contributed by atoms with Gasteiger partial charge in [-0.25, -0.2) is 4.39 Å². The lowest BCUT2D eigenvalue weighted by atomic mass is 9.76. The van der Waals surface area contributed by atoms with Gasteiger partial charge in [0.2, 0.25) is 5.91 Å². The van der Waals surface area contributed by atoms with Crippen molar-refractivity contribution in [3.8, 4) is 0 Å². The molecule has 2 heterocycles. The van der Waals surface area contributed by atoms with Crippen LogP contribution in [-0.4, -0.2) is 61.6 Å². The Morgan fingerprint density at radius 2 is 1.86 bits per heavy atom. The van der Waals surface area contributed by atoms with Crippen molar-refractivity contribution in [2.75, 3.05) is 39.4 Å². The molecule has 160 valence electrons. The summed E-state index contributed by atoms with van der Waals surface area (Å²) in [5.74, 6) is -0.111. The molecule has 2 fully saturated rings. The second kappa shape index (κ2) is 8.98. The van der Waals surface area contributed by atoms with Gasteiger partial charge in [-0.2, -0.15) is 0 Å². The number of amides is 2. The van der Waals surface area contributed by atoms with Gasteiger partial charge in [-0.3, -0.25) is 14.5 Å². The van der Waals surface area contributed by atoms with Gasteiger partial charge in [-0.15, -0.1) is 0 Å². The van der Waals surface area contributed by atoms with Crippen molar-refractivity contribution < 1.29 is 18.7 Å². The zero-order chi connectivity index (χ0) is 21.2. The van der Waals surface area contributed by atoms with E-state index in [9.17, 15) is 14.0 Å². The number of hydrogen-bond donors (Lipinski definition) is 2. The molecular formula is C21H29ClFN3O3. The highest BCUT2D eigenvalue weighted by atomic mass is 35.5. The van der Waals surface area contributed by atoms with Gasteiger partial charge < -0.3 is 15.4 Å². The van der Waals surface area contributed by atoms with Crippen molar-refractivity contribution in [2.24, 2.45) is 17.8 Å². The molecule has 0 saturated carbocycles. The van der Waals surface area contributed by atoms with Gasteiger partial charge in [-0.1, -0.05) is 11.6 Å². The topological polar surface area (TPSA) is 70.7 Å². The molecule has 3 atom stereocenters. The number of ether oxygens (including phenoxy) is 1. The molecule has 1 aromatic carbocycles. The molecule has 3 rings (SSSR count). The third-order valence-corrected chi connectivity index (χ3v) is 5.58. The second-order valence-electron chi connectivity index (χ2n) is 9.08. The van der Waals surface area contributed by atoms with E-state index < -0.39 is 5.82 Å². The molecule has 0 radical (unpaired) electrons. The molecule has 2 N–H and O–H groups in total. The lowest BCUT2D eigenvalue weighted by Crippen LogP contribution is -2.57. The van der Waals surface area contributed by atoms with Gasteiger partial charge in [0.25, 0.3) is 5.91 Å².